The zero-order valence-corrected chi connectivity index (χ0v) is 10.1. The van der Waals surface area contributed by atoms with E-state index in [9.17, 15) is 4.79 Å². The maximum Gasteiger partial charge on any atom is 0.138 e. The average molecular weight is 222 g/mol. The van der Waals surface area contributed by atoms with Gasteiger partial charge in [-0.2, -0.15) is 0 Å². The largest absolute Gasteiger partial charge is 0.374 e. The van der Waals surface area contributed by atoms with Crippen LogP contribution in [-0.2, 0) is 9.53 Å². The van der Waals surface area contributed by atoms with Gasteiger partial charge in [0.15, 0.2) is 0 Å². The van der Waals surface area contributed by atoms with Crippen molar-refractivity contribution in [2.45, 2.75) is 69.8 Å². The van der Waals surface area contributed by atoms with Crippen LogP contribution in [0.5, 0.6) is 0 Å². The molecule has 0 aromatic rings. The molecule has 1 aliphatic heterocycles. The number of carbonyl (C=O) groups is 1. The minimum Gasteiger partial charge on any atom is -0.374 e. The molecule has 3 fully saturated rings. The number of hydrogen-bond acceptors (Lipinski definition) is 2. The van der Waals surface area contributed by atoms with Crippen molar-refractivity contribution in [2.24, 2.45) is 5.41 Å². The van der Waals surface area contributed by atoms with Crippen LogP contribution in [-0.4, -0.2) is 18.0 Å². The number of carbonyl (C=O) groups excluding carboxylic acids is 1. The van der Waals surface area contributed by atoms with Crippen molar-refractivity contribution in [1.29, 1.82) is 0 Å². The molecule has 0 radical (unpaired) electrons. The van der Waals surface area contributed by atoms with Gasteiger partial charge in [0.1, 0.15) is 5.78 Å². The summed E-state index contributed by atoms with van der Waals surface area (Å²) in [7, 11) is 0. The van der Waals surface area contributed by atoms with Gasteiger partial charge >= 0.3 is 0 Å². The van der Waals surface area contributed by atoms with Crippen molar-refractivity contribution < 1.29 is 9.53 Å². The van der Waals surface area contributed by atoms with Crippen molar-refractivity contribution in [3.63, 3.8) is 0 Å². The normalized spacial score (nSPS) is 32.4. The standard InChI is InChI=1S/C14H22O2/c15-12-3-10-16-14(11-12)8-6-13(7-9-14)4-1-2-5-13/h1-11H2. The summed E-state index contributed by atoms with van der Waals surface area (Å²) in [5.41, 5.74) is 0.609. The van der Waals surface area contributed by atoms with Crippen LogP contribution in [0, 0.1) is 5.41 Å². The maximum absolute atomic E-state index is 11.6. The molecule has 0 aromatic heterocycles. The van der Waals surface area contributed by atoms with Gasteiger partial charge in [0.25, 0.3) is 0 Å². The highest BCUT2D eigenvalue weighted by molar-refractivity contribution is 5.80. The fraction of sp³-hybridized carbons (Fsp3) is 0.929. The molecule has 1 heterocycles. The SMILES string of the molecule is O=C1CCOC2(CCC3(CCCC3)CC2)C1. The van der Waals surface area contributed by atoms with Crippen molar-refractivity contribution in [3.05, 3.63) is 0 Å². The van der Waals surface area contributed by atoms with E-state index < -0.39 is 0 Å². The summed E-state index contributed by atoms with van der Waals surface area (Å²) in [6.45, 7) is 0.672. The van der Waals surface area contributed by atoms with E-state index in [0.717, 1.165) is 12.8 Å². The highest BCUT2D eigenvalue weighted by Gasteiger charge is 2.46. The first-order valence-corrected chi connectivity index (χ1v) is 6.88. The van der Waals surface area contributed by atoms with Crippen molar-refractivity contribution in [2.75, 3.05) is 6.61 Å². The monoisotopic (exact) mass is 222 g/mol. The second kappa shape index (κ2) is 3.83. The van der Waals surface area contributed by atoms with Crippen LogP contribution in [0.2, 0.25) is 0 Å². The lowest BCUT2D eigenvalue weighted by Gasteiger charge is -2.46. The molecule has 2 spiro atoms. The summed E-state index contributed by atoms with van der Waals surface area (Å²) < 4.78 is 5.96. The third-order valence-corrected chi connectivity index (χ3v) is 5.19. The molecule has 16 heavy (non-hydrogen) atoms. The molecule has 0 bridgehead atoms. The van der Waals surface area contributed by atoms with Gasteiger partial charge in [-0.15, -0.1) is 0 Å². The molecule has 0 atom stereocenters. The molecular weight excluding hydrogens is 200 g/mol. The molecule has 1 saturated heterocycles. The fourth-order valence-corrected chi connectivity index (χ4v) is 4.06. The van der Waals surface area contributed by atoms with Crippen LogP contribution in [0.1, 0.15) is 64.2 Å². The first kappa shape index (κ1) is 10.8. The molecule has 0 aromatic carbocycles. The molecule has 0 N–H and O–H groups in total. The Kier molecular flexibility index (Phi) is 2.58. The average Bonchev–Trinajstić information content (AvgIpc) is 2.73. The smallest absolute Gasteiger partial charge is 0.138 e. The Labute approximate surface area is 97.7 Å². The summed E-state index contributed by atoms with van der Waals surface area (Å²) in [6.07, 6.45) is 11.9. The van der Waals surface area contributed by atoms with Crippen molar-refractivity contribution in [1.82, 2.24) is 0 Å². The number of hydrogen-bond donors (Lipinski definition) is 0. The Morgan fingerprint density at radius 3 is 2.25 bits per heavy atom. The third-order valence-electron chi connectivity index (χ3n) is 5.19. The fourth-order valence-electron chi connectivity index (χ4n) is 4.06. The van der Waals surface area contributed by atoms with Gasteiger partial charge in [-0.3, -0.25) is 4.79 Å². The van der Waals surface area contributed by atoms with E-state index in [4.69, 9.17) is 4.74 Å². The lowest BCUT2D eigenvalue weighted by molar-refractivity contribution is -0.149. The van der Waals surface area contributed by atoms with Crippen LogP contribution in [0.15, 0.2) is 0 Å². The van der Waals surface area contributed by atoms with Gasteiger partial charge in [0.2, 0.25) is 0 Å². The van der Waals surface area contributed by atoms with Gasteiger partial charge in [0.05, 0.1) is 12.2 Å². The van der Waals surface area contributed by atoms with Gasteiger partial charge in [-0.1, -0.05) is 12.8 Å². The summed E-state index contributed by atoms with van der Waals surface area (Å²) in [4.78, 5) is 11.6. The van der Waals surface area contributed by atoms with Gasteiger partial charge < -0.3 is 4.74 Å². The molecule has 0 amide bonds. The number of rotatable bonds is 0. The van der Waals surface area contributed by atoms with Crippen LogP contribution in [0.4, 0.5) is 0 Å². The predicted octanol–water partition coefficient (Wildman–Crippen LogP) is 3.24. The second-order valence-corrected chi connectivity index (χ2v) is 6.20. The van der Waals surface area contributed by atoms with E-state index in [1.165, 1.54) is 38.5 Å². The Balaban J connectivity index is 1.66. The van der Waals surface area contributed by atoms with Crippen LogP contribution < -0.4 is 0 Å². The highest BCUT2D eigenvalue weighted by atomic mass is 16.5. The maximum atomic E-state index is 11.6. The molecule has 2 nitrogen and oxygen atoms in total. The number of Topliss-reactive ketones (excluding diaryl/α,β-unsaturated/α-hetero) is 1. The first-order valence-electron chi connectivity index (χ1n) is 6.88. The molecule has 90 valence electrons. The van der Waals surface area contributed by atoms with E-state index >= 15 is 0 Å². The minimum absolute atomic E-state index is 0.0385. The zero-order valence-electron chi connectivity index (χ0n) is 10.1. The molecule has 3 aliphatic rings. The molecule has 2 heteroatoms. The predicted molar refractivity (Wildman–Crippen MR) is 62.3 cm³/mol. The molecule has 2 saturated carbocycles. The topological polar surface area (TPSA) is 26.3 Å². The summed E-state index contributed by atoms with van der Waals surface area (Å²) in [5.74, 6) is 0.425. The molecule has 2 aliphatic carbocycles. The van der Waals surface area contributed by atoms with Gasteiger partial charge in [-0.05, 0) is 43.9 Å². The van der Waals surface area contributed by atoms with E-state index in [-0.39, 0.29) is 5.60 Å². The van der Waals surface area contributed by atoms with E-state index in [2.05, 4.69) is 0 Å². The Hall–Kier alpha value is -0.370. The quantitative estimate of drug-likeness (QED) is 0.629. The van der Waals surface area contributed by atoms with Gasteiger partial charge in [-0.25, -0.2) is 0 Å². The lowest BCUT2D eigenvalue weighted by atomic mass is 9.66. The summed E-state index contributed by atoms with van der Waals surface area (Å²) in [6, 6.07) is 0. The lowest BCUT2D eigenvalue weighted by Crippen LogP contribution is -2.45. The van der Waals surface area contributed by atoms with Crippen LogP contribution in [0.3, 0.4) is 0 Å². The number of ether oxygens (including phenoxy) is 1. The van der Waals surface area contributed by atoms with E-state index in [0.29, 0.717) is 30.6 Å². The Bertz CT molecular complexity index is 279. The van der Waals surface area contributed by atoms with Crippen LogP contribution >= 0.6 is 0 Å². The van der Waals surface area contributed by atoms with E-state index in [1.807, 2.05) is 0 Å². The third kappa shape index (κ3) is 1.81. The van der Waals surface area contributed by atoms with Crippen molar-refractivity contribution in [3.8, 4) is 0 Å². The van der Waals surface area contributed by atoms with Crippen molar-refractivity contribution >= 4 is 5.78 Å². The molecular formula is C14H22O2. The summed E-state index contributed by atoms with van der Waals surface area (Å²) in [5, 5.41) is 0. The molecule has 3 rings (SSSR count). The Morgan fingerprint density at radius 1 is 0.938 bits per heavy atom. The van der Waals surface area contributed by atoms with E-state index in [1.54, 1.807) is 0 Å². The summed E-state index contributed by atoms with van der Waals surface area (Å²) >= 11 is 0. The highest BCUT2D eigenvalue weighted by Crippen LogP contribution is 2.53. The Morgan fingerprint density at radius 2 is 1.62 bits per heavy atom. The molecule has 0 unspecified atom stereocenters. The second-order valence-electron chi connectivity index (χ2n) is 6.20. The minimum atomic E-state index is -0.0385. The van der Waals surface area contributed by atoms with Gasteiger partial charge in [0, 0.05) is 12.8 Å². The first-order chi connectivity index (χ1) is 7.72. The number of ketones is 1. The van der Waals surface area contributed by atoms with Crippen LogP contribution in [0.25, 0.3) is 0 Å². The zero-order chi connectivity index (χ0) is 11.1.